The lowest BCUT2D eigenvalue weighted by Gasteiger charge is -2.28. The molecule has 0 nitrogen and oxygen atoms in total. The van der Waals surface area contributed by atoms with Gasteiger partial charge in [0.2, 0.25) is 0 Å². The van der Waals surface area contributed by atoms with E-state index >= 15 is 0 Å². The Balaban J connectivity index is 2.66. The van der Waals surface area contributed by atoms with Gasteiger partial charge in [-0.25, -0.2) is 0 Å². The Morgan fingerprint density at radius 3 is 2.20 bits per heavy atom. The van der Waals surface area contributed by atoms with Crippen LogP contribution in [0.2, 0.25) is 5.02 Å². The average Bonchev–Trinajstić information content (AvgIpc) is 2.21. The first-order valence-corrected chi connectivity index (χ1v) is 6.15. The number of benzene rings is 1. The zero-order valence-corrected chi connectivity index (χ0v) is 11.1. The highest BCUT2D eigenvalue weighted by Gasteiger charge is 2.25. The van der Waals surface area contributed by atoms with Crippen LogP contribution in [0.15, 0.2) is 24.3 Å². The van der Waals surface area contributed by atoms with Crippen LogP contribution in [-0.2, 0) is 6.42 Å². The summed E-state index contributed by atoms with van der Waals surface area (Å²) >= 11 is 12.2. The summed E-state index contributed by atoms with van der Waals surface area (Å²) in [5.41, 5.74) is 1.43. The van der Waals surface area contributed by atoms with Crippen molar-refractivity contribution in [3.05, 3.63) is 34.9 Å². The second kappa shape index (κ2) is 5.23. The van der Waals surface area contributed by atoms with E-state index in [0.717, 1.165) is 17.9 Å². The van der Waals surface area contributed by atoms with Gasteiger partial charge in [-0.15, -0.1) is 11.6 Å². The first-order valence-electron chi connectivity index (χ1n) is 5.34. The van der Waals surface area contributed by atoms with E-state index < -0.39 is 0 Å². The van der Waals surface area contributed by atoms with Gasteiger partial charge in [-0.05, 0) is 36.0 Å². The van der Waals surface area contributed by atoms with E-state index in [9.17, 15) is 0 Å². The van der Waals surface area contributed by atoms with Crippen molar-refractivity contribution in [3.8, 4) is 0 Å². The van der Waals surface area contributed by atoms with Gasteiger partial charge in [0.15, 0.2) is 0 Å². The molecular weight excluding hydrogens is 227 g/mol. The molecule has 0 aromatic heterocycles. The largest absolute Gasteiger partial charge is 0.122 e. The summed E-state index contributed by atoms with van der Waals surface area (Å²) in [6.07, 6.45) is 1.99. The van der Waals surface area contributed by atoms with Gasteiger partial charge < -0.3 is 0 Å². The van der Waals surface area contributed by atoms with Gasteiger partial charge in [0, 0.05) is 10.4 Å². The highest BCUT2D eigenvalue weighted by molar-refractivity contribution is 6.30. The zero-order chi connectivity index (χ0) is 11.5. The third-order valence-corrected chi connectivity index (χ3v) is 4.08. The number of hydrogen-bond donors (Lipinski definition) is 0. The van der Waals surface area contributed by atoms with E-state index in [4.69, 9.17) is 23.2 Å². The van der Waals surface area contributed by atoms with Crippen LogP contribution in [0.1, 0.15) is 32.8 Å². The second-order valence-corrected chi connectivity index (χ2v) is 5.60. The Labute approximate surface area is 103 Å². The predicted octanol–water partition coefficient (Wildman–Crippen LogP) is 4.93. The Kier molecular flexibility index (Phi) is 4.48. The lowest BCUT2D eigenvalue weighted by atomic mass is 9.83. The molecule has 0 heterocycles. The quantitative estimate of drug-likeness (QED) is 0.660. The van der Waals surface area contributed by atoms with Crippen molar-refractivity contribution in [2.45, 2.75) is 39.0 Å². The van der Waals surface area contributed by atoms with Crippen molar-refractivity contribution in [1.29, 1.82) is 0 Å². The minimum absolute atomic E-state index is 0.170. The molecule has 1 unspecified atom stereocenters. The molecule has 0 aliphatic heterocycles. The molecule has 0 spiro atoms. The molecule has 84 valence electrons. The van der Waals surface area contributed by atoms with E-state index in [2.05, 4.69) is 20.8 Å². The number of hydrogen-bond acceptors (Lipinski definition) is 0. The summed E-state index contributed by atoms with van der Waals surface area (Å²) in [5, 5.41) is 0.947. The van der Waals surface area contributed by atoms with Gasteiger partial charge in [-0.1, -0.05) is 44.5 Å². The summed E-state index contributed by atoms with van der Waals surface area (Å²) in [5.74, 6) is 0. The maximum Gasteiger partial charge on any atom is 0.0427 e. The Hall–Kier alpha value is -0.200. The molecule has 0 amide bonds. The molecule has 0 radical (unpaired) electrons. The van der Waals surface area contributed by atoms with Gasteiger partial charge >= 0.3 is 0 Å². The molecule has 15 heavy (non-hydrogen) atoms. The van der Waals surface area contributed by atoms with Gasteiger partial charge in [-0.2, -0.15) is 0 Å². The molecule has 0 aliphatic rings. The average molecular weight is 245 g/mol. The Morgan fingerprint density at radius 1 is 1.20 bits per heavy atom. The van der Waals surface area contributed by atoms with Crippen LogP contribution in [0, 0.1) is 5.41 Å². The van der Waals surface area contributed by atoms with Gasteiger partial charge in [0.25, 0.3) is 0 Å². The van der Waals surface area contributed by atoms with Gasteiger partial charge in [0.05, 0.1) is 0 Å². The Bertz CT molecular complexity index is 301. The summed E-state index contributed by atoms with van der Waals surface area (Å²) < 4.78 is 0. The minimum Gasteiger partial charge on any atom is -0.122 e. The van der Waals surface area contributed by atoms with Gasteiger partial charge in [-0.3, -0.25) is 0 Å². The van der Waals surface area contributed by atoms with Crippen molar-refractivity contribution < 1.29 is 0 Å². The first-order chi connectivity index (χ1) is 6.95. The lowest BCUT2D eigenvalue weighted by molar-refractivity contribution is 0.330. The van der Waals surface area contributed by atoms with E-state index in [1.165, 1.54) is 5.56 Å². The van der Waals surface area contributed by atoms with Crippen molar-refractivity contribution in [3.63, 3.8) is 0 Å². The second-order valence-electron chi connectivity index (χ2n) is 4.64. The van der Waals surface area contributed by atoms with E-state index in [1.54, 1.807) is 0 Å². The molecule has 0 saturated carbocycles. The van der Waals surface area contributed by atoms with Crippen molar-refractivity contribution in [2.24, 2.45) is 5.41 Å². The molecule has 0 aliphatic carbocycles. The molecule has 0 bridgehead atoms. The van der Waals surface area contributed by atoms with Crippen LogP contribution in [0.3, 0.4) is 0 Å². The van der Waals surface area contributed by atoms with Crippen LogP contribution >= 0.6 is 23.2 Å². The highest BCUT2D eigenvalue weighted by Crippen LogP contribution is 2.31. The van der Waals surface area contributed by atoms with Crippen molar-refractivity contribution in [1.82, 2.24) is 0 Å². The van der Waals surface area contributed by atoms with E-state index in [0.29, 0.717) is 0 Å². The standard InChI is InChI=1S/C13H18Cl2/c1-4-13(2,3)12(15)9-10-5-7-11(14)8-6-10/h5-8,12H,4,9H2,1-3H3. The zero-order valence-electron chi connectivity index (χ0n) is 9.56. The summed E-state index contributed by atoms with van der Waals surface area (Å²) in [7, 11) is 0. The Morgan fingerprint density at radius 2 is 1.73 bits per heavy atom. The molecule has 0 saturated heterocycles. The molecule has 0 fully saturated rings. The normalized spacial score (nSPS) is 13.9. The molecule has 1 aromatic carbocycles. The fourth-order valence-corrected chi connectivity index (χ4v) is 1.78. The monoisotopic (exact) mass is 244 g/mol. The van der Waals surface area contributed by atoms with E-state index in [1.807, 2.05) is 24.3 Å². The fraction of sp³-hybridized carbons (Fsp3) is 0.538. The van der Waals surface area contributed by atoms with Crippen LogP contribution in [-0.4, -0.2) is 5.38 Å². The minimum atomic E-state index is 0.170. The molecule has 1 rings (SSSR count). The maximum absolute atomic E-state index is 6.41. The first kappa shape index (κ1) is 12.9. The van der Waals surface area contributed by atoms with E-state index in [-0.39, 0.29) is 10.8 Å². The molecule has 2 heteroatoms. The smallest absolute Gasteiger partial charge is 0.0427 e. The number of alkyl halides is 1. The van der Waals surface area contributed by atoms with Gasteiger partial charge in [0.1, 0.15) is 0 Å². The SMILES string of the molecule is CCC(C)(C)C(Cl)Cc1ccc(Cl)cc1. The summed E-state index contributed by atoms with van der Waals surface area (Å²) in [6, 6.07) is 7.92. The van der Waals surface area contributed by atoms with Crippen molar-refractivity contribution >= 4 is 23.2 Å². The molecular formula is C13H18Cl2. The van der Waals surface area contributed by atoms with Crippen molar-refractivity contribution in [2.75, 3.05) is 0 Å². The van der Waals surface area contributed by atoms with Crippen LogP contribution in [0.25, 0.3) is 0 Å². The van der Waals surface area contributed by atoms with Crippen LogP contribution in [0.4, 0.5) is 0 Å². The van der Waals surface area contributed by atoms with Crippen LogP contribution < -0.4 is 0 Å². The topological polar surface area (TPSA) is 0 Å². The highest BCUT2D eigenvalue weighted by atomic mass is 35.5. The maximum atomic E-state index is 6.41. The third kappa shape index (κ3) is 3.70. The predicted molar refractivity (Wildman–Crippen MR) is 68.9 cm³/mol. The molecule has 0 N–H and O–H groups in total. The number of halogens is 2. The summed E-state index contributed by atoms with van der Waals surface area (Å²) in [4.78, 5) is 0. The summed E-state index contributed by atoms with van der Waals surface area (Å²) in [6.45, 7) is 6.60. The third-order valence-electron chi connectivity index (χ3n) is 3.09. The van der Waals surface area contributed by atoms with Crippen LogP contribution in [0.5, 0.6) is 0 Å². The molecule has 1 atom stereocenters. The molecule has 1 aromatic rings. The number of rotatable bonds is 4. The lowest BCUT2D eigenvalue weighted by Crippen LogP contribution is -2.25. The fourth-order valence-electron chi connectivity index (χ4n) is 1.33.